The lowest BCUT2D eigenvalue weighted by Crippen LogP contribution is -2.55. The Morgan fingerprint density at radius 2 is 2.03 bits per heavy atom. The molecule has 1 amide bonds. The van der Waals surface area contributed by atoms with E-state index in [1.54, 1.807) is 5.01 Å². The van der Waals surface area contributed by atoms with Crippen LogP contribution in [0.5, 0.6) is 0 Å². The first-order valence-corrected chi connectivity index (χ1v) is 11.2. The van der Waals surface area contributed by atoms with Crippen LogP contribution in [0.2, 0.25) is 0 Å². The van der Waals surface area contributed by atoms with Crippen LogP contribution in [-0.4, -0.2) is 66.2 Å². The van der Waals surface area contributed by atoms with Crippen LogP contribution in [0.25, 0.3) is 0 Å². The molecule has 2 atom stereocenters. The van der Waals surface area contributed by atoms with Gasteiger partial charge in [0.2, 0.25) is 5.91 Å². The van der Waals surface area contributed by atoms with Crippen LogP contribution in [0.3, 0.4) is 0 Å². The third-order valence-corrected chi connectivity index (χ3v) is 6.73. The first kappa shape index (κ1) is 19.7. The highest BCUT2D eigenvalue weighted by atomic mass is 16.5. The van der Waals surface area contributed by atoms with Gasteiger partial charge in [-0.3, -0.25) is 10.6 Å². The summed E-state index contributed by atoms with van der Waals surface area (Å²) in [6.07, 6.45) is 4.18. The number of morpholine rings is 1. The Morgan fingerprint density at radius 3 is 2.67 bits per heavy atom. The van der Waals surface area contributed by atoms with E-state index in [4.69, 9.17) is 15.6 Å². The van der Waals surface area contributed by atoms with Gasteiger partial charge in [0.15, 0.2) is 0 Å². The number of nitrogens with two attached hydrogens (primary N) is 1. The topological polar surface area (TPSA) is 98.7 Å². The fourth-order valence-electron chi connectivity index (χ4n) is 4.70. The molecular formula is C22H30N6O2. The summed E-state index contributed by atoms with van der Waals surface area (Å²) in [4.78, 5) is 21.8. The van der Waals surface area contributed by atoms with Crippen molar-refractivity contribution in [2.75, 3.05) is 44.2 Å². The molecule has 0 aromatic carbocycles. The number of amides is 1. The molecule has 160 valence electrons. The normalized spacial score (nSPS) is 27.8. The van der Waals surface area contributed by atoms with Gasteiger partial charge in [0.25, 0.3) is 0 Å². The lowest BCUT2D eigenvalue weighted by Gasteiger charge is -2.41. The fourth-order valence-corrected chi connectivity index (χ4v) is 4.70. The van der Waals surface area contributed by atoms with Crippen LogP contribution in [0, 0.1) is 17.2 Å². The maximum atomic E-state index is 12.5. The standard InChI is InChI=1S/C22H30N6O2/c1-14-12-26(6-7-28(14)22(29)16-4-5-16)21-17(11-23)10-18(20(25-21)15-2-3-15)19-13-27(24)8-9-30-19/h10,14-16,19H,2-9,12-13,24H2,1H3. The SMILES string of the molecule is CC1CN(c2nc(C3CC3)c(C3CN(N)CCO3)cc2C#N)CCN1C(=O)C1CC1. The summed E-state index contributed by atoms with van der Waals surface area (Å²) in [5.41, 5.74) is 2.67. The minimum absolute atomic E-state index is 0.122. The summed E-state index contributed by atoms with van der Waals surface area (Å²) in [5.74, 6) is 7.77. The minimum Gasteiger partial charge on any atom is -0.371 e. The van der Waals surface area contributed by atoms with Gasteiger partial charge in [-0.2, -0.15) is 5.26 Å². The molecule has 30 heavy (non-hydrogen) atoms. The number of aromatic nitrogens is 1. The highest BCUT2D eigenvalue weighted by Gasteiger charge is 2.39. The predicted molar refractivity (Wildman–Crippen MR) is 111 cm³/mol. The Morgan fingerprint density at radius 1 is 1.23 bits per heavy atom. The summed E-state index contributed by atoms with van der Waals surface area (Å²) in [7, 11) is 0. The molecule has 2 saturated carbocycles. The largest absolute Gasteiger partial charge is 0.371 e. The van der Waals surface area contributed by atoms with Crippen LogP contribution in [0.1, 0.15) is 61.4 Å². The highest BCUT2D eigenvalue weighted by molar-refractivity contribution is 5.81. The average Bonchev–Trinajstić information content (AvgIpc) is 3.65. The molecule has 8 heteroatoms. The quantitative estimate of drug-likeness (QED) is 0.752. The summed E-state index contributed by atoms with van der Waals surface area (Å²) in [6.45, 7) is 6.13. The van der Waals surface area contributed by atoms with Gasteiger partial charge in [-0.15, -0.1) is 0 Å². The maximum Gasteiger partial charge on any atom is 0.226 e. The van der Waals surface area contributed by atoms with E-state index in [1.807, 2.05) is 11.0 Å². The number of carbonyl (C=O) groups is 1. The van der Waals surface area contributed by atoms with Crippen molar-refractivity contribution in [2.45, 2.75) is 50.7 Å². The third kappa shape index (κ3) is 3.78. The number of hydrazine groups is 1. The molecule has 1 aromatic rings. The molecular weight excluding hydrogens is 380 g/mol. The Balaban J connectivity index is 1.42. The second kappa shape index (κ2) is 7.80. The number of hydrogen-bond donors (Lipinski definition) is 1. The van der Waals surface area contributed by atoms with Crippen LogP contribution in [-0.2, 0) is 9.53 Å². The fraction of sp³-hybridized carbons (Fsp3) is 0.682. The van der Waals surface area contributed by atoms with E-state index in [0.717, 1.165) is 42.8 Å². The lowest BCUT2D eigenvalue weighted by atomic mass is 10.00. The molecule has 5 rings (SSSR count). The van der Waals surface area contributed by atoms with Crippen molar-refractivity contribution >= 4 is 11.7 Å². The van der Waals surface area contributed by atoms with E-state index >= 15 is 0 Å². The summed E-state index contributed by atoms with van der Waals surface area (Å²) < 4.78 is 5.99. The van der Waals surface area contributed by atoms with E-state index < -0.39 is 0 Å². The van der Waals surface area contributed by atoms with Crippen molar-refractivity contribution in [3.8, 4) is 6.07 Å². The molecule has 2 aliphatic heterocycles. The van der Waals surface area contributed by atoms with Gasteiger partial charge in [0, 0.05) is 56.2 Å². The van der Waals surface area contributed by atoms with Gasteiger partial charge in [0.1, 0.15) is 11.9 Å². The van der Waals surface area contributed by atoms with E-state index in [9.17, 15) is 10.1 Å². The smallest absolute Gasteiger partial charge is 0.226 e. The molecule has 2 unspecified atom stereocenters. The maximum absolute atomic E-state index is 12.5. The second-order valence-corrected chi connectivity index (χ2v) is 9.18. The molecule has 4 fully saturated rings. The molecule has 3 heterocycles. The van der Waals surface area contributed by atoms with Crippen LogP contribution in [0.15, 0.2) is 6.07 Å². The number of anilines is 1. The summed E-state index contributed by atoms with van der Waals surface area (Å²) >= 11 is 0. The van der Waals surface area contributed by atoms with E-state index in [0.29, 0.717) is 56.7 Å². The highest BCUT2D eigenvalue weighted by Crippen LogP contribution is 2.44. The third-order valence-electron chi connectivity index (χ3n) is 6.73. The predicted octanol–water partition coefficient (Wildman–Crippen LogP) is 1.52. The van der Waals surface area contributed by atoms with Crippen LogP contribution in [0.4, 0.5) is 5.82 Å². The number of nitrogens with zero attached hydrogens (tertiary/aromatic N) is 5. The summed E-state index contributed by atoms with van der Waals surface area (Å²) in [6, 6.07) is 4.46. The first-order valence-electron chi connectivity index (χ1n) is 11.2. The van der Waals surface area contributed by atoms with E-state index in [1.165, 1.54) is 0 Å². The molecule has 0 bridgehead atoms. The van der Waals surface area contributed by atoms with Gasteiger partial charge in [0.05, 0.1) is 24.0 Å². The zero-order valence-electron chi connectivity index (χ0n) is 17.6. The molecule has 8 nitrogen and oxygen atoms in total. The van der Waals surface area contributed by atoms with Crippen molar-refractivity contribution in [1.82, 2.24) is 14.9 Å². The van der Waals surface area contributed by atoms with Crippen molar-refractivity contribution in [3.05, 3.63) is 22.9 Å². The van der Waals surface area contributed by atoms with Crippen molar-refractivity contribution in [3.63, 3.8) is 0 Å². The summed E-state index contributed by atoms with van der Waals surface area (Å²) in [5, 5.41) is 11.7. The van der Waals surface area contributed by atoms with Crippen molar-refractivity contribution < 1.29 is 9.53 Å². The Hall–Kier alpha value is -2.21. The van der Waals surface area contributed by atoms with Gasteiger partial charge >= 0.3 is 0 Å². The molecule has 0 spiro atoms. The Labute approximate surface area is 177 Å². The molecule has 2 aliphatic carbocycles. The zero-order valence-corrected chi connectivity index (χ0v) is 17.6. The Kier molecular flexibility index (Phi) is 5.13. The zero-order chi connectivity index (χ0) is 20.8. The van der Waals surface area contributed by atoms with Crippen LogP contribution < -0.4 is 10.7 Å². The van der Waals surface area contributed by atoms with Crippen LogP contribution >= 0.6 is 0 Å². The van der Waals surface area contributed by atoms with Gasteiger partial charge in [-0.25, -0.2) is 9.99 Å². The van der Waals surface area contributed by atoms with Gasteiger partial charge < -0.3 is 14.5 Å². The van der Waals surface area contributed by atoms with Gasteiger partial charge in [-0.1, -0.05) is 0 Å². The molecule has 2 saturated heterocycles. The number of ether oxygens (including phenoxy) is 1. The Bertz CT molecular complexity index is 875. The van der Waals surface area contributed by atoms with E-state index in [-0.39, 0.29) is 18.1 Å². The van der Waals surface area contributed by atoms with Crippen molar-refractivity contribution in [2.24, 2.45) is 11.8 Å². The molecule has 0 radical (unpaired) electrons. The number of piperazine rings is 1. The molecule has 2 N–H and O–H groups in total. The molecule has 4 aliphatic rings. The van der Waals surface area contributed by atoms with Crippen molar-refractivity contribution in [1.29, 1.82) is 5.26 Å². The van der Waals surface area contributed by atoms with E-state index in [2.05, 4.69) is 17.9 Å². The number of hydrogen-bond acceptors (Lipinski definition) is 7. The average molecular weight is 411 g/mol. The second-order valence-electron chi connectivity index (χ2n) is 9.18. The number of nitriles is 1. The molecule has 1 aromatic heterocycles. The first-order chi connectivity index (χ1) is 14.5. The number of carbonyl (C=O) groups excluding carboxylic acids is 1. The minimum atomic E-state index is -0.139. The lowest BCUT2D eigenvalue weighted by molar-refractivity contribution is -0.134. The monoisotopic (exact) mass is 410 g/mol. The van der Waals surface area contributed by atoms with Gasteiger partial charge in [-0.05, 0) is 38.7 Å². The number of rotatable bonds is 4. The number of pyridine rings is 1.